The third-order valence-corrected chi connectivity index (χ3v) is 4.11. The number of nitrogens with zero attached hydrogens (tertiary/aromatic N) is 3. The highest BCUT2D eigenvalue weighted by molar-refractivity contribution is 5.93. The maximum atomic E-state index is 13.5. The zero-order valence-electron chi connectivity index (χ0n) is 14.4. The molecule has 1 saturated heterocycles. The molecule has 1 amide bonds. The van der Waals surface area contributed by atoms with E-state index in [0.717, 1.165) is 25.9 Å². The van der Waals surface area contributed by atoms with Crippen molar-refractivity contribution in [3.63, 3.8) is 0 Å². The number of nitrogens with one attached hydrogen (secondary N) is 1. The molecule has 1 aromatic carbocycles. The SMILES string of the molecule is Cc1nc(N2CCCC2)nc(C)c1NC(=O)COc1ccccc1F. The summed E-state index contributed by atoms with van der Waals surface area (Å²) in [6.45, 7) is 5.30. The second-order valence-electron chi connectivity index (χ2n) is 6.03. The number of hydrogen-bond acceptors (Lipinski definition) is 5. The molecule has 0 radical (unpaired) electrons. The Morgan fingerprint density at radius 2 is 1.84 bits per heavy atom. The molecule has 132 valence electrons. The maximum Gasteiger partial charge on any atom is 0.262 e. The number of ether oxygens (including phenoxy) is 1. The Bertz CT molecular complexity index is 752. The quantitative estimate of drug-likeness (QED) is 0.903. The minimum atomic E-state index is -0.499. The maximum absolute atomic E-state index is 13.5. The minimum Gasteiger partial charge on any atom is -0.481 e. The predicted molar refractivity (Wildman–Crippen MR) is 93.5 cm³/mol. The Labute approximate surface area is 146 Å². The fraction of sp³-hybridized carbons (Fsp3) is 0.389. The Morgan fingerprint density at radius 3 is 2.48 bits per heavy atom. The smallest absolute Gasteiger partial charge is 0.262 e. The lowest BCUT2D eigenvalue weighted by Gasteiger charge is -2.18. The van der Waals surface area contributed by atoms with Gasteiger partial charge in [0.2, 0.25) is 5.95 Å². The highest BCUT2D eigenvalue weighted by Gasteiger charge is 2.18. The van der Waals surface area contributed by atoms with Crippen LogP contribution in [0, 0.1) is 19.7 Å². The van der Waals surface area contributed by atoms with E-state index in [1.54, 1.807) is 12.1 Å². The molecule has 1 aromatic heterocycles. The van der Waals surface area contributed by atoms with Gasteiger partial charge < -0.3 is 15.0 Å². The van der Waals surface area contributed by atoms with E-state index < -0.39 is 5.82 Å². The average Bonchev–Trinajstić information content (AvgIpc) is 3.12. The molecule has 1 N–H and O–H groups in total. The van der Waals surface area contributed by atoms with Crippen LogP contribution in [-0.2, 0) is 4.79 Å². The van der Waals surface area contributed by atoms with Crippen LogP contribution >= 0.6 is 0 Å². The van der Waals surface area contributed by atoms with Gasteiger partial charge in [0, 0.05) is 13.1 Å². The van der Waals surface area contributed by atoms with Crippen molar-refractivity contribution in [2.24, 2.45) is 0 Å². The van der Waals surface area contributed by atoms with Gasteiger partial charge in [-0.3, -0.25) is 4.79 Å². The summed E-state index contributed by atoms with van der Waals surface area (Å²) >= 11 is 0. The van der Waals surface area contributed by atoms with Gasteiger partial charge >= 0.3 is 0 Å². The fourth-order valence-corrected chi connectivity index (χ4v) is 2.82. The highest BCUT2D eigenvalue weighted by atomic mass is 19.1. The van der Waals surface area contributed by atoms with Gasteiger partial charge in [-0.15, -0.1) is 0 Å². The van der Waals surface area contributed by atoms with Gasteiger partial charge in [0.05, 0.1) is 17.1 Å². The summed E-state index contributed by atoms with van der Waals surface area (Å²) in [5.41, 5.74) is 1.98. The number of para-hydroxylation sites is 1. The van der Waals surface area contributed by atoms with E-state index in [1.807, 2.05) is 13.8 Å². The van der Waals surface area contributed by atoms with E-state index in [4.69, 9.17) is 4.74 Å². The van der Waals surface area contributed by atoms with E-state index in [-0.39, 0.29) is 18.3 Å². The molecule has 0 unspecified atom stereocenters. The second kappa shape index (κ2) is 7.46. The summed E-state index contributed by atoms with van der Waals surface area (Å²) in [5.74, 6) is -0.132. The lowest BCUT2D eigenvalue weighted by Crippen LogP contribution is -2.24. The van der Waals surface area contributed by atoms with Crippen molar-refractivity contribution in [2.75, 3.05) is 29.9 Å². The molecule has 0 spiro atoms. The Balaban J connectivity index is 1.65. The summed E-state index contributed by atoms with van der Waals surface area (Å²) in [5, 5.41) is 2.76. The zero-order chi connectivity index (χ0) is 17.8. The van der Waals surface area contributed by atoms with Gasteiger partial charge in [0.25, 0.3) is 5.91 Å². The van der Waals surface area contributed by atoms with Crippen LogP contribution in [-0.4, -0.2) is 35.6 Å². The number of benzene rings is 1. The van der Waals surface area contributed by atoms with Crippen LogP contribution < -0.4 is 15.0 Å². The summed E-state index contributed by atoms with van der Waals surface area (Å²) in [4.78, 5) is 23.3. The van der Waals surface area contributed by atoms with E-state index in [0.29, 0.717) is 23.0 Å². The third-order valence-electron chi connectivity index (χ3n) is 4.11. The molecule has 7 heteroatoms. The first-order valence-corrected chi connectivity index (χ1v) is 8.32. The van der Waals surface area contributed by atoms with Gasteiger partial charge in [0.15, 0.2) is 18.2 Å². The summed E-state index contributed by atoms with van der Waals surface area (Å²) < 4.78 is 18.7. The number of carbonyl (C=O) groups excluding carboxylic acids is 1. The lowest BCUT2D eigenvalue weighted by atomic mass is 10.3. The Kier molecular flexibility index (Phi) is 5.11. The largest absolute Gasteiger partial charge is 0.481 e. The van der Waals surface area contributed by atoms with Crippen molar-refractivity contribution < 1.29 is 13.9 Å². The summed E-state index contributed by atoms with van der Waals surface area (Å²) in [6.07, 6.45) is 2.29. The molecule has 0 saturated carbocycles. The number of aryl methyl sites for hydroxylation is 2. The first-order valence-electron chi connectivity index (χ1n) is 8.32. The van der Waals surface area contributed by atoms with Crippen LogP contribution in [0.4, 0.5) is 16.0 Å². The molecule has 6 nitrogen and oxygen atoms in total. The van der Waals surface area contributed by atoms with Crippen molar-refractivity contribution in [3.05, 3.63) is 41.5 Å². The molecular formula is C18H21FN4O2. The van der Waals surface area contributed by atoms with Crippen LogP contribution in [0.3, 0.4) is 0 Å². The Hall–Kier alpha value is -2.70. The summed E-state index contributed by atoms with van der Waals surface area (Å²) in [7, 11) is 0. The monoisotopic (exact) mass is 344 g/mol. The molecule has 1 aliphatic rings. The van der Waals surface area contributed by atoms with Crippen LogP contribution in [0.5, 0.6) is 5.75 Å². The van der Waals surface area contributed by atoms with Crippen molar-refractivity contribution in [1.29, 1.82) is 0 Å². The van der Waals surface area contributed by atoms with E-state index in [2.05, 4.69) is 20.2 Å². The predicted octanol–water partition coefficient (Wildman–Crippen LogP) is 2.85. The molecule has 2 aromatic rings. The molecule has 2 heterocycles. The first-order chi connectivity index (χ1) is 12.0. The van der Waals surface area contributed by atoms with Gasteiger partial charge in [-0.2, -0.15) is 0 Å². The molecule has 0 bridgehead atoms. The van der Waals surface area contributed by atoms with Gasteiger partial charge in [0.1, 0.15) is 0 Å². The van der Waals surface area contributed by atoms with Gasteiger partial charge in [-0.25, -0.2) is 14.4 Å². The van der Waals surface area contributed by atoms with Crippen molar-refractivity contribution in [3.8, 4) is 5.75 Å². The van der Waals surface area contributed by atoms with Crippen molar-refractivity contribution >= 4 is 17.5 Å². The van der Waals surface area contributed by atoms with E-state index in [1.165, 1.54) is 12.1 Å². The second-order valence-corrected chi connectivity index (χ2v) is 6.03. The molecule has 0 atom stereocenters. The molecule has 1 aliphatic heterocycles. The standard InChI is InChI=1S/C18H21FN4O2/c1-12-17(13(2)21-18(20-12)23-9-5-6-10-23)22-16(24)11-25-15-8-4-3-7-14(15)19/h3-4,7-8H,5-6,9-11H2,1-2H3,(H,22,24). The third kappa shape index (κ3) is 4.04. The van der Waals surface area contributed by atoms with Crippen LogP contribution in [0.15, 0.2) is 24.3 Å². The highest BCUT2D eigenvalue weighted by Crippen LogP contribution is 2.23. The lowest BCUT2D eigenvalue weighted by molar-refractivity contribution is -0.118. The van der Waals surface area contributed by atoms with Crippen LogP contribution in [0.2, 0.25) is 0 Å². The van der Waals surface area contributed by atoms with E-state index in [9.17, 15) is 9.18 Å². The van der Waals surface area contributed by atoms with Crippen LogP contribution in [0.25, 0.3) is 0 Å². The molecule has 25 heavy (non-hydrogen) atoms. The zero-order valence-corrected chi connectivity index (χ0v) is 14.4. The number of carbonyl (C=O) groups is 1. The number of halogens is 1. The minimum absolute atomic E-state index is 0.0479. The number of anilines is 2. The average molecular weight is 344 g/mol. The van der Waals surface area contributed by atoms with Gasteiger partial charge in [-0.05, 0) is 38.8 Å². The molecule has 3 rings (SSSR count). The molecule has 0 aliphatic carbocycles. The molecule has 1 fully saturated rings. The van der Waals surface area contributed by atoms with E-state index >= 15 is 0 Å². The topological polar surface area (TPSA) is 67.4 Å². The van der Waals surface area contributed by atoms with Crippen LogP contribution in [0.1, 0.15) is 24.2 Å². The number of amides is 1. The Morgan fingerprint density at radius 1 is 1.20 bits per heavy atom. The number of rotatable bonds is 5. The number of hydrogen-bond donors (Lipinski definition) is 1. The molecular weight excluding hydrogens is 323 g/mol. The fourth-order valence-electron chi connectivity index (χ4n) is 2.82. The normalized spacial score (nSPS) is 13.8. The van der Waals surface area contributed by atoms with Crippen molar-refractivity contribution in [2.45, 2.75) is 26.7 Å². The van der Waals surface area contributed by atoms with Gasteiger partial charge in [-0.1, -0.05) is 12.1 Å². The first kappa shape index (κ1) is 17.1. The summed E-state index contributed by atoms with van der Waals surface area (Å²) in [6, 6.07) is 5.98. The number of aromatic nitrogens is 2. The van der Waals surface area contributed by atoms with Crippen molar-refractivity contribution in [1.82, 2.24) is 9.97 Å².